The van der Waals surface area contributed by atoms with Gasteiger partial charge < -0.3 is 4.90 Å². The number of amides is 1. The first-order valence-electron chi connectivity index (χ1n) is 11.6. The molecular formula is C28H27N3O2. The summed E-state index contributed by atoms with van der Waals surface area (Å²) in [5.74, 6) is 0.837. The van der Waals surface area contributed by atoms with E-state index in [0.717, 1.165) is 54.6 Å². The molecule has 166 valence electrons. The lowest BCUT2D eigenvalue weighted by Crippen LogP contribution is -2.39. The molecule has 5 heteroatoms. The summed E-state index contributed by atoms with van der Waals surface area (Å²) < 4.78 is 0. The van der Waals surface area contributed by atoms with Gasteiger partial charge in [-0.1, -0.05) is 72.8 Å². The highest BCUT2D eigenvalue weighted by Crippen LogP contribution is 2.25. The van der Waals surface area contributed by atoms with E-state index in [2.05, 4.69) is 40.5 Å². The van der Waals surface area contributed by atoms with Gasteiger partial charge in [0.1, 0.15) is 0 Å². The van der Waals surface area contributed by atoms with Gasteiger partial charge >= 0.3 is 0 Å². The van der Waals surface area contributed by atoms with Crippen LogP contribution in [0.4, 0.5) is 0 Å². The average Bonchev–Trinajstić information content (AvgIpc) is 2.86. The van der Waals surface area contributed by atoms with Gasteiger partial charge in [-0.05, 0) is 42.4 Å². The molecular weight excluding hydrogens is 410 g/mol. The highest BCUT2D eigenvalue weighted by Gasteiger charge is 2.23. The number of benzene rings is 3. The van der Waals surface area contributed by atoms with Crippen molar-refractivity contribution in [1.82, 2.24) is 15.1 Å². The molecule has 1 amide bonds. The van der Waals surface area contributed by atoms with E-state index >= 15 is 0 Å². The van der Waals surface area contributed by atoms with Crippen molar-refractivity contribution in [2.75, 3.05) is 13.1 Å². The van der Waals surface area contributed by atoms with Crippen molar-refractivity contribution in [2.24, 2.45) is 5.92 Å². The molecule has 1 aromatic heterocycles. The first kappa shape index (κ1) is 21.1. The first-order chi connectivity index (χ1) is 16.2. The maximum Gasteiger partial charge on any atom is 0.272 e. The SMILES string of the molecule is O=C(Cc1ccc(-c2n[nH]c(=O)c3ccccc23)cc1)N1CCC(Cc2ccccc2)CC1. The summed E-state index contributed by atoms with van der Waals surface area (Å²) in [5, 5.41) is 8.29. The lowest BCUT2D eigenvalue weighted by molar-refractivity contribution is -0.131. The number of likely N-dealkylation sites (tertiary alicyclic amines) is 1. The van der Waals surface area contributed by atoms with Crippen molar-refractivity contribution in [3.63, 3.8) is 0 Å². The number of H-pyrrole nitrogens is 1. The predicted octanol–water partition coefficient (Wildman–Crippen LogP) is 4.61. The van der Waals surface area contributed by atoms with Gasteiger partial charge in [-0.15, -0.1) is 0 Å². The molecule has 1 N–H and O–H groups in total. The Morgan fingerprint density at radius 2 is 1.52 bits per heavy atom. The van der Waals surface area contributed by atoms with E-state index in [1.54, 1.807) is 6.07 Å². The number of rotatable bonds is 5. The minimum absolute atomic E-state index is 0.188. The van der Waals surface area contributed by atoms with Gasteiger partial charge in [0, 0.05) is 24.0 Å². The second kappa shape index (κ2) is 9.41. The number of nitrogens with zero attached hydrogens (tertiary/aromatic N) is 2. The molecule has 1 aliphatic heterocycles. The van der Waals surface area contributed by atoms with Crippen LogP contribution in [0.25, 0.3) is 22.0 Å². The zero-order valence-corrected chi connectivity index (χ0v) is 18.5. The summed E-state index contributed by atoms with van der Waals surface area (Å²) in [6, 6.07) is 26.0. The molecule has 3 aromatic carbocycles. The van der Waals surface area contributed by atoms with Crippen LogP contribution < -0.4 is 5.56 Å². The Kier molecular flexibility index (Phi) is 6.03. The zero-order valence-electron chi connectivity index (χ0n) is 18.5. The number of hydrogen-bond acceptors (Lipinski definition) is 3. The van der Waals surface area contributed by atoms with Gasteiger partial charge in [0.2, 0.25) is 5.91 Å². The smallest absolute Gasteiger partial charge is 0.272 e. The van der Waals surface area contributed by atoms with E-state index in [0.29, 0.717) is 17.7 Å². The summed E-state index contributed by atoms with van der Waals surface area (Å²) in [5.41, 5.74) is 3.84. The van der Waals surface area contributed by atoms with Crippen molar-refractivity contribution in [3.8, 4) is 11.3 Å². The Hall–Kier alpha value is -3.73. The first-order valence-corrected chi connectivity index (χ1v) is 11.6. The highest BCUT2D eigenvalue weighted by molar-refractivity contribution is 5.93. The number of fused-ring (bicyclic) bond motifs is 1. The fourth-order valence-electron chi connectivity index (χ4n) is 4.74. The monoisotopic (exact) mass is 437 g/mol. The van der Waals surface area contributed by atoms with E-state index < -0.39 is 0 Å². The van der Waals surface area contributed by atoms with E-state index in [9.17, 15) is 9.59 Å². The third-order valence-electron chi connectivity index (χ3n) is 6.61. The molecule has 1 aliphatic rings. The summed E-state index contributed by atoms with van der Waals surface area (Å²) in [6.45, 7) is 1.67. The molecule has 1 fully saturated rings. The maximum absolute atomic E-state index is 12.9. The molecule has 2 heterocycles. The Morgan fingerprint density at radius 3 is 2.24 bits per heavy atom. The molecule has 4 aromatic rings. The van der Waals surface area contributed by atoms with E-state index in [-0.39, 0.29) is 11.5 Å². The van der Waals surface area contributed by atoms with Crippen LogP contribution in [0.1, 0.15) is 24.0 Å². The van der Waals surface area contributed by atoms with E-state index in [1.165, 1.54) is 5.56 Å². The van der Waals surface area contributed by atoms with Gasteiger partial charge in [0.15, 0.2) is 0 Å². The van der Waals surface area contributed by atoms with Crippen LogP contribution >= 0.6 is 0 Å². The van der Waals surface area contributed by atoms with Crippen molar-refractivity contribution < 1.29 is 4.79 Å². The largest absolute Gasteiger partial charge is 0.342 e. The highest BCUT2D eigenvalue weighted by atomic mass is 16.2. The van der Waals surface area contributed by atoms with Crippen molar-refractivity contribution in [2.45, 2.75) is 25.7 Å². The topological polar surface area (TPSA) is 66.1 Å². The predicted molar refractivity (Wildman–Crippen MR) is 131 cm³/mol. The number of carbonyl (C=O) groups is 1. The Bertz CT molecular complexity index is 1300. The summed E-state index contributed by atoms with van der Waals surface area (Å²) in [7, 11) is 0. The van der Waals surface area contributed by atoms with Crippen LogP contribution in [0.2, 0.25) is 0 Å². The van der Waals surface area contributed by atoms with Crippen molar-refractivity contribution >= 4 is 16.7 Å². The van der Waals surface area contributed by atoms with Gasteiger partial charge in [-0.25, -0.2) is 5.10 Å². The van der Waals surface area contributed by atoms with Gasteiger partial charge in [-0.3, -0.25) is 9.59 Å². The van der Waals surface area contributed by atoms with Crippen LogP contribution in [0.3, 0.4) is 0 Å². The molecule has 5 rings (SSSR count). The van der Waals surface area contributed by atoms with E-state index in [1.807, 2.05) is 47.4 Å². The minimum atomic E-state index is -0.191. The Morgan fingerprint density at radius 1 is 0.848 bits per heavy atom. The lowest BCUT2D eigenvalue weighted by atomic mass is 9.90. The zero-order chi connectivity index (χ0) is 22.6. The molecule has 0 radical (unpaired) electrons. The lowest BCUT2D eigenvalue weighted by Gasteiger charge is -2.32. The number of hydrogen-bond donors (Lipinski definition) is 1. The summed E-state index contributed by atoms with van der Waals surface area (Å²) in [6.07, 6.45) is 3.62. The number of aromatic nitrogens is 2. The van der Waals surface area contributed by atoms with Gasteiger partial charge in [-0.2, -0.15) is 5.10 Å². The van der Waals surface area contributed by atoms with Crippen molar-refractivity contribution in [3.05, 3.63) is 100 Å². The van der Waals surface area contributed by atoms with Crippen LogP contribution in [-0.2, 0) is 17.6 Å². The Labute approximate surface area is 193 Å². The normalized spacial score (nSPS) is 14.5. The third-order valence-corrected chi connectivity index (χ3v) is 6.61. The molecule has 0 unspecified atom stereocenters. The van der Waals surface area contributed by atoms with Gasteiger partial charge in [0.25, 0.3) is 5.56 Å². The van der Waals surface area contributed by atoms with Crippen LogP contribution in [0.15, 0.2) is 83.7 Å². The molecule has 5 nitrogen and oxygen atoms in total. The van der Waals surface area contributed by atoms with Gasteiger partial charge in [0.05, 0.1) is 17.5 Å². The van der Waals surface area contributed by atoms with E-state index in [4.69, 9.17) is 0 Å². The maximum atomic E-state index is 12.9. The molecule has 0 aliphatic carbocycles. The quantitative estimate of drug-likeness (QED) is 0.496. The minimum Gasteiger partial charge on any atom is -0.342 e. The molecule has 33 heavy (non-hydrogen) atoms. The molecule has 0 spiro atoms. The standard InChI is InChI=1S/C28H27N3O2/c32-26(31-16-14-22(15-17-31)18-20-6-2-1-3-7-20)19-21-10-12-23(13-11-21)27-24-8-4-5-9-25(24)28(33)30-29-27/h1-13,22H,14-19H2,(H,30,33). The number of carbonyl (C=O) groups excluding carboxylic acids is 1. The number of piperidine rings is 1. The molecule has 1 saturated heterocycles. The van der Waals surface area contributed by atoms with Crippen LogP contribution in [0.5, 0.6) is 0 Å². The summed E-state index contributed by atoms with van der Waals surface area (Å²) in [4.78, 5) is 26.9. The third kappa shape index (κ3) is 4.72. The second-order valence-corrected chi connectivity index (χ2v) is 8.83. The van der Waals surface area contributed by atoms with Crippen LogP contribution in [-0.4, -0.2) is 34.1 Å². The number of nitrogens with one attached hydrogen (secondary N) is 1. The molecule has 0 atom stereocenters. The molecule has 0 bridgehead atoms. The average molecular weight is 438 g/mol. The second-order valence-electron chi connectivity index (χ2n) is 8.83. The Balaban J connectivity index is 1.21. The van der Waals surface area contributed by atoms with Crippen molar-refractivity contribution in [1.29, 1.82) is 0 Å². The fourth-order valence-corrected chi connectivity index (χ4v) is 4.74. The summed E-state index contributed by atoms with van der Waals surface area (Å²) >= 11 is 0. The fraction of sp³-hybridized carbons (Fsp3) is 0.250. The van der Waals surface area contributed by atoms with Crippen LogP contribution in [0, 0.1) is 5.92 Å². The number of aromatic amines is 1. The molecule has 0 saturated carbocycles.